The Morgan fingerprint density at radius 2 is 1.27 bits per heavy atom. The zero-order valence-corrected chi connectivity index (χ0v) is 30.0. The zero-order chi connectivity index (χ0) is 32.9. The standard InChI is InChI=1S/C35H69N2O6P/c1-6-8-10-12-13-14-15-16-17-18-19-20-21-22-23-24-25-27-29-35(39)36-33(34(38)28-26-11-9-7-2)32-43-44(40,41)42-31-30-37(3,4)5/h17-18,26,28,33-34,38H,6-16,19-25,27,29-32H2,1-5H3,(H-,36,39,40,41)/b18-17-,28-26+. The van der Waals surface area contributed by atoms with Crippen molar-refractivity contribution in [1.82, 2.24) is 5.32 Å². The highest BCUT2D eigenvalue weighted by atomic mass is 31.2. The van der Waals surface area contributed by atoms with Crippen molar-refractivity contribution in [2.24, 2.45) is 0 Å². The molecular weight excluding hydrogens is 575 g/mol. The highest BCUT2D eigenvalue weighted by Gasteiger charge is 2.23. The van der Waals surface area contributed by atoms with Crippen LogP contribution in [0.5, 0.6) is 0 Å². The van der Waals surface area contributed by atoms with E-state index in [0.717, 1.165) is 38.5 Å². The number of quaternary nitrogens is 1. The summed E-state index contributed by atoms with van der Waals surface area (Å²) in [5.74, 6) is -0.213. The summed E-state index contributed by atoms with van der Waals surface area (Å²) in [5, 5.41) is 13.4. The molecule has 0 aromatic heterocycles. The molecule has 0 radical (unpaired) electrons. The molecule has 0 aliphatic heterocycles. The molecule has 0 saturated carbocycles. The molecule has 0 aromatic carbocycles. The number of aliphatic hydroxyl groups is 1. The molecule has 0 rings (SSSR count). The number of phosphoric ester groups is 1. The SMILES string of the molecule is CCCC/C=C/C(O)C(COP(=O)([O-])OCC[N+](C)(C)C)NC(=O)CCCCCCCCC/C=C\CCCCCCCCC. The largest absolute Gasteiger partial charge is 0.756 e. The maximum absolute atomic E-state index is 12.6. The summed E-state index contributed by atoms with van der Waals surface area (Å²) >= 11 is 0. The predicted octanol–water partition coefficient (Wildman–Crippen LogP) is 7.99. The lowest BCUT2D eigenvalue weighted by Gasteiger charge is -2.29. The maximum Gasteiger partial charge on any atom is 0.268 e. The number of amides is 1. The number of aliphatic hydroxyl groups excluding tert-OH is 1. The van der Waals surface area contributed by atoms with Gasteiger partial charge < -0.3 is 28.8 Å². The summed E-state index contributed by atoms with van der Waals surface area (Å²) in [6.07, 6.45) is 29.9. The van der Waals surface area contributed by atoms with E-state index in [1.807, 2.05) is 27.2 Å². The van der Waals surface area contributed by atoms with Gasteiger partial charge in [0.2, 0.25) is 5.91 Å². The number of carbonyl (C=O) groups excluding carboxylic acids is 1. The third kappa shape index (κ3) is 29.7. The summed E-state index contributed by atoms with van der Waals surface area (Å²) in [4.78, 5) is 24.9. The number of nitrogens with zero attached hydrogens (tertiary/aromatic N) is 1. The highest BCUT2D eigenvalue weighted by molar-refractivity contribution is 7.45. The minimum absolute atomic E-state index is 0.00279. The summed E-state index contributed by atoms with van der Waals surface area (Å²) in [6, 6.07) is -0.880. The number of unbranched alkanes of at least 4 members (excludes halogenated alkanes) is 16. The molecule has 0 aliphatic carbocycles. The molecule has 9 heteroatoms. The smallest absolute Gasteiger partial charge is 0.268 e. The normalized spacial score (nSPS) is 15.2. The van der Waals surface area contributed by atoms with Crippen LogP contribution in [0.4, 0.5) is 0 Å². The minimum atomic E-state index is -4.56. The van der Waals surface area contributed by atoms with Crippen molar-refractivity contribution >= 4 is 13.7 Å². The van der Waals surface area contributed by atoms with Crippen molar-refractivity contribution in [3.8, 4) is 0 Å². The molecule has 0 bridgehead atoms. The van der Waals surface area contributed by atoms with Crippen LogP contribution in [0.2, 0.25) is 0 Å². The molecular formula is C35H69N2O6P. The fraction of sp³-hybridized carbons (Fsp3) is 0.857. The Morgan fingerprint density at radius 1 is 0.773 bits per heavy atom. The summed E-state index contributed by atoms with van der Waals surface area (Å²) < 4.78 is 22.8. The molecule has 44 heavy (non-hydrogen) atoms. The van der Waals surface area contributed by atoms with E-state index in [-0.39, 0.29) is 19.1 Å². The number of likely N-dealkylation sites (N-methyl/N-ethyl adjacent to an activating group) is 1. The summed E-state index contributed by atoms with van der Waals surface area (Å²) in [7, 11) is 1.25. The minimum Gasteiger partial charge on any atom is -0.756 e. The second-order valence-corrected chi connectivity index (χ2v) is 14.6. The Labute approximate surface area is 271 Å². The van der Waals surface area contributed by atoms with Crippen molar-refractivity contribution in [2.45, 2.75) is 154 Å². The Morgan fingerprint density at radius 3 is 1.82 bits per heavy atom. The van der Waals surface area contributed by atoms with E-state index in [2.05, 4.69) is 31.3 Å². The van der Waals surface area contributed by atoms with Gasteiger partial charge in [0, 0.05) is 6.42 Å². The first-order valence-corrected chi connectivity index (χ1v) is 19.2. The number of nitrogens with one attached hydrogen (secondary N) is 1. The fourth-order valence-corrected chi connectivity index (χ4v) is 5.44. The van der Waals surface area contributed by atoms with Crippen molar-refractivity contribution in [3.63, 3.8) is 0 Å². The fourth-order valence-electron chi connectivity index (χ4n) is 4.72. The second kappa shape index (κ2) is 28.2. The third-order valence-corrected chi connectivity index (χ3v) is 8.62. The lowest BCUT2D eigenvalue weighted by atomic mass is 10.1. The first-order valence-electron chi connectivity index (χ1n) is 17.7. The zero-order valence-electron chi connectivity index (χ0n) is 29.1. The first kappa shape index (κ1) is 43.0. The molecule has 0 saturated heterocycles. The van der Waals surface area contributed by atoms with Gasteiger partial charge >= 0.3 is 0 Å². The van der Waals surface area contributed by atoms with Crippen molar-refractivity contribution in [2.75, 3.05) is 40.9 Å². The average molecular weight is 645 g/mol. The van der Waals surface area contributed by atoms with Crippen LogP contribution in [0.3, 0.4) is 0 Å². The quantitative estimate of drug-likeness (QED) is 0.0343. The molecule has 0 fully saturated rings. The molecule has 0 aromatic rings. The molecule has 0 heterocycles. The number of allylic oxidation sites excluding steroid dienone is 3. The van der Waals surface area contributed by atoms with Gasteiger partial charge in [-0.15, -0.1) is 0 Å². The van der Waals surface area contributed by atoms with Crippen molar-refractivity contribution in [3.05, 3.63) is 24.3 Å². The van der Waals surface area contributed by atoms with Crippen LogP contribution in [0, 0.1) is 0 Å². The Balaban J connectivity index is 4.21. The van der Waals surface area contributed by atoms with Crippen molar-refractivity contribution < 1.29 is 32.9 Å². The van der Waals surface area contributed by atoms with E-state index in [1.165, 1.54) is 83.5 Å². The van der Waals surface area contributed by atoms with Crippen LogP contribution in [-0.4, -0.2) is 68.5 Å². The average Bonchev–Trinajstić information content (AvgIpc) is 2.96. The van der Waals surface area contributed by atoms with Gasteiger partial charge in [-0.2, -0.15) is 0 Å². The first-order chi connectivity index (χ1) is 21.0. The number of phosphoric acid groups is 1. The molecule has 3 unspecified atom stereocenters. The van der Waals surface area contributed by atoms with Crippen LogP contribution in [0.15, 0.2) is 24.3 Å². The van der Waals surface area contributed by atoms with Gasteiger partial charge in [0.05, 0.1) is 39.9 Å². The van der Waals surface area contributed by atoms with E-state index in [0.29, 0.717) is 17.4 Å². The molecule has 8 nitrogen and oxygen atoms in total. The molecule has 260 valence electrons. The van der Waals surface area contributed by atoms with Gasteiger partial charge in [0.1, 0.15) is 13.2 Å². The Kier molecular flexibility index (Phi) is 27.6. The third-order valence-electron chi connectivity index (χ3n) is 7.66. The van der Waals surface area contributed by atoms with Crippen LogP contribution in [0.1, 0.15) is 142 Å². The maximum atomic E-state index is 12.6. The van der Waals surface area contributed by atoms with E-state index < -0.39 is 20.0 Å². The monoisotopic (exact) mass is 644 g/mol. The lowest BCUT2D eigenvalue weighted by molar-refractivity contribution is -0.870. The Hall–Kier alpha value is -1.02. The van der Waals surface area contributed by atoms with E-state index in [9.17, 15) is 19.4 Å². The molecule has 1 amide bonds. The molecule has 3 atom stereocenters. The van der Waals surface area contributed by atoms with Gasteiger partial charge in [0.15, 0.2) is 0 Å². The van der Waals surface area contributed by atoms with Crippen molar-refractivity contribution in [1.29, 1.82) is 0 Å². The molecule has 0 aliphatic rings. The second-order valence-electron chi connectivity index (χ2n) is 13.2. The van der Waals surface area contributed by atoms with Crippen LogP contribution in [0.25, 0.3) is 0 Å². The highest BCUT2D eigenvalue weighted by Crippen LogP contribution is 2.38. The summed E-state index contributed by atoms with van der Waals surface area (Å²) in [6.45, 7) is 4.46. The van der Waals surface area contributed by atoms with Crippen LogP contribution in [-0.2, 0) is 18.4 Å². The van der Waals surface area contributed by atoms with E-state index in [1.54, 1.807) is 6.08 Å². The molecule has 0 spiro atoms. The number of hydrogen-bond acceptors (Lipinski definition) is 6. The van der Waals surface area contributed by atoms with Gasteiger partial charge in [0.25, 0.3) is 7.82 Å². The predicted molar refractivity (Wildman–Crippen MR) is 182 cm³/mol. The van der Waals surface area contributed by atoms with Gasteiger partial charge in [-0.1, -0.05) is 122 Å². The van der Waals surface area contributed by atoms with E-state index >= 15 is 0 Å². The van der Waals surface area contributed by atoms with Gasteiger partial charge in [-0.05, 0) is 38.5 Å². The molecule has 2 N–H and O–H groups in total. The topological polar surface area (TPSA) is 108 Å². The van der Waals surface area contributed by atoms with Gasteiger partial charge in [-0.25, -0.2) is 0 Å². The van der Waals surface area contributed by atoms with E-state index in [4.69, 9.17) is 9.05 Å². The van der Waals surface area contributed by atoms with Gasteiger partial charge in [-0.3, -0.25) is 9.36 Å². The van der Waals surface area contributed by atoms with Crippen LogP contribution < -0.4 is 10.2 Å². The number of carbonyl (C=O) groups is 1. The van der Waals surface area contributed by atoms with Crippen LogP contribution >= 0.6 is 7.82 Å². The number of rotatable bonds is 31. The Bertz CT molecular complexity index is 784. The lowest BCUT2D eigenvalue weighted by Crippen LogP contribution is -2.45. The summed E-state index contributed by atoms with van der Waals surface area (Å²) in [5.41, 5.74) is 0. The number of hydrogen-bond donors (Lipinski definition) is 2.